The van der Waals surface area contributed by atoms with Gasteiger partial charge in [0.15, 0.2) is 18.1 Å². The molecular weight excluding hydrogens is 266 g/mol. The smallest absolute Gasteiger partial charge is 0.258 e. The molecule has 4 nitrogen and oxygen atoms in total. The summed E-state index contributed by atoms with van der Waals surface area (Å²) < 4.78 is 11.1. The molecule has 0 spiro atoms. The number of para-hydroxylation sites is 2. The van der Waals surface area contributed by atoms with E-state index >= 15 is 0 Å². The van der Waals surface area contributed by atoms with Gasteiger partial charge in [0.25, 0.3) is 5.91 Å². The number of ether oxygens (including phenoxy) is 2. The van der Waals surface area contributed by atoms with Crippen LogP contribution in [0.15, 0.2) is 36.4 Å². The molecule has 21 heavy (non-hydrogen) atoms. The Kier molecular flexibility index (Phi) is 4.13. The third-order valence-electron chi connectivity index (χ3n) is 4.13. The molecular formula is C17H21NO3. The fraction of sp³-hybridized carbons (Fsp3) is 0.471. The van der Waals surface area contributed by atoms with E-state index in [0.29, 0.717) is 29.9 Å². The number of amides is 1. The Morgan fingerprint density at radius 3 is 2.57 bits per heavy atom. The molecule has 1 aromatic carbocycles. The van der Waals surface area contributed by atoms with Gasteiger partial charge in [0, 0.05) is 6.04 Å². The van der Waals surface area contributed by atoms with E-state index in [-0.39, 0.29) is 18.6 Å². The number of allylic oxidation sites excluding steroid dienone is 1. The Morgan fingerprint density at radius 1 is 1.19 bits per heavy atom. The van der Waals surface area contributed by atoms with Gasteiger partial charge in [0.05, 0.1) is 6.61 Å². The van der Waals surface area contributed by atoms with E-state index in [1.165, 1.54) is 6.42 Å². The van der Waals surface area contributed by atoms with Gasteiger partial charge in [-0.25, -0.2) is 0 Å². The van der Waals surface area contributed by atoms with Gasteiger partial charge < -0.3 is 14.8 Å². The number of rotatable bonds is 6. The van der Waals surface area contributed by atoms with Crippen LogP contribution in [0.3, 0.4) is 0 Å². The summed E-state index contributed by atoms with van der Waals surface area (Å²) in [5.74, 6) is 2.39. The van der Waals surface area contributed by atoms with Crippen molar-refractivity contribution >= 4 is 5.91 Å². The van der Waals surface area contributed by atoms with E-state index in [0.717, 1.165) is 6.42 Å². The average Bonchev–Trinajstić information content (AvgIpc) is 3.09. The average molecular weight is 287 g/mol. The molecule has 112 valence electrons. The Hall–Kier alpha value is -1.97. The molecule has 1 N–H and O–H groups in total. The van der Waals surface area contributed by atoms with E-state index in [9.17, 15) is 4.79 Å². The molecule has 2 aliphatic rings. The maximum Gasteiger partial charge on any atom is 0.258 e. The number of carbonyl (C=O) groups is 1. The van der Waals surface area contributed by atoms with E-state index in [1.807, 2.05) is 31.2 Å². The first-order valence-corrected chi connectivity index (χ1v) is 7.58. The van der Waals surface area contributed by atoms with Gasteiger partial charge in [-0.1, -0.05) is 24.3 Å². The molecule has 1 fully saturated rings. The molecule has 2 aliphatic carbocycles. The van der Waals surface area contributed by atoms with Crippen molar-refractivity contribution in [2.45, 2.75) is 25.8 Å². The van der Waals surface area contributed by atoms with E-state index in [1.54, 1.807) is 0 Å². The van der Waals surface area contributed by atoms with Gasteiger partial charge in [-0.3, -0.25) is 4.79 Å². The topological polar surface area (TPSA) is 47.6 Å². The van der Waals surface area contributed by atoms with Crippen molar-refractivity contribution in [1.29, 1.82) is 0 Å². The molecule has 4 heteroatoms. The van der Waals surface area contributed by atoms with E-state index < -0.39 is 0 Å². The zero-order valence-electron chi connectivity index (χ0n) is 12.2. The number of benzene rings is 1. The first-order chi connectivity index (χ1) is 10.3. The minimum absolute atomic E-state index is 0.0295. The zero-order valence-corrected chi connectivity index (χ0v) is 12.2. The number of hydrogen-bond acceptors (Lipinski definition) is 3. The lowest BCUT2D eigenvalue weighted by Gasteiger charge is -2.20. The summed E-state index contributed by atoms with van der Waals surface area (Å²) in [6.07, 6.45) is 6.73. The van der Waals surface area contributed by atoms with Gasteiger partial charge in [0.2, 0.25) is 0 Å². The predicted octanol–water partition coefficient (Wildman–Crippen LogP) is 2.54. The maximum atomic E-state index is 12.0. The summed E-state index contributed by atoms with van der Waals surface area (Å²) in [5.41, 5.74) is 0. The van der Waals surface area contributed by atoms with Gasteiger partial charge >= 0.3 is 0 Å². The summed E-state index contributed by atoms with van der Waals surface area (Å²) in [7, 11) is 0. The van der Waals surface area contributed by atoms with E-state index in [4.69, 9.17) is 9.47 Å². The van der Waals surface area contributed by atoms with Gasteiger partial charge in [-0.15, -0.1) is 0 Å². The highest BCUT2D eigenvalue weighted by Gasteiger charge is 2.36. The van der Waals surface area contributed by atoms with Crippen LogP contribution >= 0.6 is 0 Å². The molecule has 3 unspecified atom stereocenters. The van der Waals surface area contributed by atoms with Crippen molar-refractivity contribution in [3.63, 3.8) is 0 Å². The fourth-order valence-electron chi connectivity index (χ4n) is 3.18. The van der Waals surface area contributed by atoms with Gasteiger partial charge in [-0.05, 0) is 43.7 Å². The molecule has 1 saturated carbocycles. The van der Waals surface area contributed by atoms with Gasteiger partial charge in [-0.2, -0.15) is 0 Å². The van der Waals surface area contributed by atoms with Crippen LogP contribution < -0.4 is 14.8 Å². The summed E-state index contributed by atoms with van der Waals surface area (Å²) >= 11 is 0. The highest BCUT2D eigenvalue weighted by Crippen LogP contribution is 2.38. The fourth-order valence-corrected chi connectivity index (χ4v) is 3.18. The van der Waals surface area contributed by atoms with Crippen LogP contribution in [0.5, 0.6) is 11.5 Å². The highest BCUT2D eigenvalue weighted by molar-refractivity contribution is 5.78. The first kappa shape index (κ1) is 14.0. The molecule has 0 aliphatic heterocycles. The molecule has 2 bridgehead atoms. The SMILES string of the molecule is CCOc1ccccc1OCC(=O)NC1CC2C=CC1C2. The standard InChI is InChI=1S/C17H21NO3/c1-2-20-15-5-3-4-6-16(15)21-11-17(19)18-14-10-12-7-8-13(14)9-12/h3-8,12-14H,2,9-11H2,1H3,(H,18,19). The van der Waals surface area contributed by atoms with Crippen molar-refractivity contribution in [3.8, 4) is 11.5 Å². The molecule has 1 amide bonds. The van der Waals surface area contributed by atoms with Crippen LogP contribution in [0.4, 0.5) is 0 Å². The third-order valence-corrected chi connectivity index (χ3v) is 4.13. The van der Waals surface area contributed by atoms with Crippen molar-refractivity contribution in [2.24, 2.45) is 11.8 Å². The highest BCUT2D eigenvalue weighted by atomic mass is 16.5. The van der Waals surface area contributed by atoms with Crippen LogP contribution in [0, 0.1) is 11.8 Å². The normalized spacial score (nSPS) is 25.9. The molecule has 3 rings (SSSR count). The van der Waals surface area contributed by atoms with Crippen LogP contribution in [-0.2, 0) is 4.79 Å². The number of carbonyl (C=O) groups excluding carboxylic acids is 1. The lowest BCUT2D eigenvalue weighted by atomic mass is 10.0. The Labute approximate surface area is 125 Å². The van der Waals surface area contributed by atoms with Crippen molar-refractivity contribution < 1.29 is 14.3 Å². The number of nitrogens with one attached hydrogen (secondary N) is 1. The monoisotopic (exact) mass is 287 g/mol. The Bertz CT molecular complexity index is 541. The van der Waals surface area contributed by atoms with Crippen LogP contribution in [0.1, 0.15) is 19.8 Å². The van der Waals surface area contributed by atoms with Crippen LogP contribution in [-0.4, -0.2) is 25.2 Å². The molecule has 1 aromatic rings. The number of fused-ring (bicyclic) bond motifs is 2. The molecule has 0 radical (unpaired) electrons. The second-order valence-electron chi connectivity index (χ2n) is 5.62. The van der Waals surface area contributed by atoms with Crippen molar-refractivity contribution in [2.75, 3.05) is 13.2 Å². The maximum absolute atomic E-state index is 12.0. The Balaban J connectivity index is 1.51. The zero-order chi connectivity index (χ0) is 14.7. The summed E-state index contributed by atoms with van der Waals surface area (Å²) in [4.78, 5) is 12.0. The van der Waals surface area contributed by atoms with Crippen molar-refractivity contribution in [3.05, 3.63) is 36.4 Å². The van der Waals surface area contributed by atoms with E-state index in [2.05, 4.69) is 17.5 Å². The largest absolute Gasteiger partial charge is 0.490 e. The van der Waals surface area contributed by atoms with Crippen molar-refractivity contribution in [1.82, 2.24) is 5.32 Å². The summed E-state index contributed by atoms with van der Waals surface area (Å²) in [6.45, 7) is 2.53. The predicted molar refractivity (Wildman–Crippen MR) is 80.4 cm³/mol. The molecule has 0 saturated heterocycles. The lowest BCUT2D eigenvalue weighted by Crippen LogP contribution is -2.40. The third kappa shape index (κ3) is 3.20. The van der Waals surface area contributed by atoms with Crippen LogP contribution in [0.2, 0.25) is 0 Å². The second-order valence-corrected chi connectivity index (χ2v) is 5.62. The minimum Gasteiger partial charge on any atom is -0.490 e. The second kappa shape index (κ2) is 6.20. The van der Waals surface area contributed by atoms with Crippen LogP contribution in [0.25, 0.3) is 0 Å². The Morgan fingerprint density at radius 2 is 1.95 bits per heavy atom. The lowest BCUT2D eigenvalue weighted by molar-refractivity contribution is -0.124. The molecule has 3 atom stereocenters. The molecule has 0 aromatic heterocycles. The first-order valence-electron chi connectivity index (χ1n) is 7.58. The minimum atomic E-state index is -0.0627. The molecule has 0 heterocycles. The summed E-state index contributed by atoms with van der Waals surface area (Å²) in [5, 5.41) is 3.08. The summed E-state index contributed by atoms with van der Waals surface area (Å²) in [6, 6.07) is 7.70. The quantitative estimate of drug-likeness (QED) is 0.818. The number of hydrogen-bond donors (Lipinski definition) is 1. The van der Waals surface area contributed by atoms with Gasteiger partial charge in [0.1, 0.15) is 0 Å².